The van der Waals surface area contributed by atoms with Crippen LogP contribution in [0.3, 0.4) is 0 Å². The van der Waals surface area contributed by atoms with Crippen molar-refractivity contribution >= 4 is 43.6 Å². The maximum atomic E-state index is 7.18. The third kappa shape index (κ3) is 12.6. The van der Waals surface area contributed by atoms with Crippen LogP contribution in [0.5, 0.6) is 23.0 Å². The minimum Gasteiger partial charge on any atom is -0.493 e. The monoisotopic (exact) mass is 1140 g/mol. The van der Waals surface area contributed by atoms with E-state index in [9.17, 15) is 0 Å². The fraction of sp³-hybridized carbons (Fsp3) is 0.324. The number of para-hydroxylation sites is 6. The maximum absolute atomic E-state index is 7.18. The average Bonchev–Trinajstić information content (AvgIpc) is 2.63. The molecule has 85 heavy (non-hydrogen) atoms. The maximum Gasteiger partial charge on any atom is 0.213 e. The highest BCUT2D eigenvalue weighted by Crippen LogP contribution is 2.45. The first-order chi connectivity index (χ1) is 42.0. The van der Waals surface area contributed by atoms with Gasteiger partial charge in [-0.3, -0.25) is 0 Å². The standard InChI is InChI=1S/C74H78N2O9/c1-5-29-82-71-51-17-15-18-52(71)44-58-48-56(70-63-23-9-13-27-67(63)76(4)68-28-14-10-24-64(68)70)50-60-46-54-20-16-19-53(72(54)83-30-6-2)45-59-49-55(69-61-21-7-11-25-65(61)75(3)66-26-12-8-22-62(66)69)47-57(43-51)73(59)84-41-39-80-37-35-78-33-31-77-32-34-79-36-38-81-40-42-85-74(58)60/h7-28,47-50H,5-6,29-46H2,1-4H3/q+2. The van der Waals surface area contributed by atoms with Crippen LogP contribution in [0.1, 0.15) is 71.2 Å². The Morgan fingerprint density at radius 2 is 0.600 bits per heavy atom. The van der Waals surface area contributed by atoms with Gasteiger partial charge in [0.25, 0.3) is 0 Å². The molecule has 3 heterocycles. The van der Waals surface area contributed by atoms with Crippen molar-refractivity contribution in [1.29, 1.82) is 0 Å². The summed E-state index contributed by atoms with van der Waals surface area (Å²) in [5.41, 5.74) is 17.7. The largest absolute Gasteiger partial charge is 0.493 e. The summed E-state index contributed by atoms with van der Waals surface area (Å²) in [5.74, 6) is 3.43. The van der Waals surface area contributed by atoms with E-state index in [0.29, 0.717) is 118 Å². The van der Waals surface area contributed by atoms with Crippen LogP contribution < -0.4 is 28.1 Å². The van der Waals surface area contributed by atoms with Gasteiger partial charge < -0.3 is 42.6 Å². The summed E-state index contributed by atoms with van der Waals surface area (Å²) >= 11 is 0. The van der Waals surface area contributed by atoms with Gasteiger partial charge in [-0.1, -0.05) is 98.8 Å². The first-order valence-electron chi connectivity index (χ1n) is 30.5. The Kier molecular flexibility index (Phi) is 18.6. The van der Waals surface area contributed by atoms with Crippen LogP contribution in [0.25, 0.3) is 65.9 Å². The molecule has 11 heteroatoms. The molecule has 0 saturated carbocycles. The van der Waals surface area contributed by atoms with Crippen molar-refractivity contribution in [2.45, 2.75) is 52.4 Å². The van der Waals surface area contributed by atoms with Crippen molar-refractivity contribution in [3.05, 3.63) is 202 Å². The van der Waals surface area contributed by atoms with Crippen molar-refractivity contribution < 1.29 is 51.8 Å². The summed E-state index contributed by atoms with van der Waals surface area (Å²) in [6.45, 7) is 10.5. The average molecular weight is 1140 g/mol. The second-order valence-electron chi connectivity index (χ2n) is 22.2. The van der Waals surface area contributed by atoms with Crippen molar-refractivity contribution in [1.82, 2.24) is 0 Å². The molecule has 0 saturated heterocycles. The van der Waals surface area contributed by atoms with Gasteiger partial charge in [-0.2, -0.15) is 9.13 Å². The first-order valence-corrected chi connectivity index (χ1v) is 30.5. The molecule has 1 aliphatic heterocycles. The van der Waals surface area contributed by atoms with Crippen LogP contribution in [0.15, 0.2) is 158 Å². The zero-order valence-electron chi connectivity index (χ0n) is 49.7. The molecule has 8 aromatic carbocycles. The Bertz CT molecular complexity index is 3530. The molecule has 10 aromatic rings. The van der Waals surface area contributed by atoms with Crippen LogP contribution in [0.4, 0.5) is 0 Å². The molecular formula is C74H78N2O9+2. The minimum atomic E-state index is 0.336. The van der Waals surface area contributed by atoms with Gasteiger partial charge >= 0.3 is 0 Å². The van der Waals surface area contributed by atoms with Crippen LogP contribution >= 0.6 is 0 Å². The predicted molar refractivity (Wildman–Crippen MR) is 337 cm³/mol. The van der Waals surface area contributed by atoms with Gasteiger partial charge in [0.1, 0.15) is 50.3 Å². The zero-order valence-corrected chi connectivity index (χ0v) is 49.7. The fourth-order valence-corrected chi connectivity index (χ4v) is 12.6. The Labute approximate surface area is 499 Å². The number of ether oxygens (including phenoxy) is 9. The molecule has 2 aromatic heterocycles. The third-order valence-electron chi connectivity index (χ3n) is 16.4. The number of nitrogens with zero attached hydrogens (tertiary/aromatic N) is 2. The Morgan fingerprint density at radius 3 is 0.882 bits per heavy atom. The van der Waals surface area contributed by atoms with Crippen molar-refractivity contribution in [3.8, 4) is 45.3 Å². The molecule has 0 spiro atoms. The number of fused-ring (bicyclic) bond motifs is 6. The highest BCUT2D eigenvalue weighted by atomic mass is 16.6. The second-order valence-corrected chi connectivity index (χ2v) is 22.2. The van der Waals surface area contributed by atoms with E-state index in [0.717, 1.165) is 114 Å². The van der Waals surface area contributed by atoms with Crippen molar-refractivity contribution in [2.24, 2.45) is 14.1 Å². The number of benzene rings is 8. The topological polar surface area (TPSA) is 90.8 Å². The lowest BCUT2D eigenvalue weighted by molar-refractivity contribution is -0.617. The molecule has 10 bridgehead atoms. The Morgan fingerprint density at radius 1 is 0.329 bits per heavy atom. The van der Waals surface area contributed by atoms with Gasteiger partial charge in [-0.15, -0.1) is 0 Å². The van der Waals surface area contributed by atoms with E-state index in [1.165, 1.54) is 32.7 Å². The van der Waals surface area contributed by atoms with Crippen LogP contribution in [0.2, 0.25) is 0 Å². The van der Waals surface area contributed by atoms with E-state index >= 15 is 0 Å². The number of aryl methyl sites for hydroxylation is 2. The quantitative estimate of drug-likeness (QED) is 0.109. The predicted octanol–water partition coefficient (Wildman–Crippen LogP) is 13.4. The minimum absolute atomic E-state index is 0.336. The van der Waals surface area contributed by atoms with Gasteiger partial charge in [0.15, 0.2) is 0 Å². The second kappa shape index (κ2) is 27.4. The number of aromatic nitrogens is 2. The fourth-order valence-electron chi connectivity index (χ4n) is 12.6. The molecule has 0 radical (unpaired) electrons. The van der Waals surface area contributed by atoms with E-state index in [4.69, 9.17) is 42.6 Å². The lowest BCUT2D eigenvalue weighted by Gasteiger charge is -2.24. The van der Waals surface area contributed by atoms with Gasteiger partial charge in [0, 0.05) is 61.1 Å². The van der Waals surface area contributed by atoms with Crippen molar-refractivity contribution in [2.75, 3.05) is 92.5 Å². The van der Waals surface area contributed by atoms with Crippen molar-refractivity contribution in [3.63, 3.8) is 0 Å². The summed E-state index contributed by atoms with van der Waals surface area (Å²) in [6, 6.07) is 57.9. The molecule has 0 N–H and O–H groups in total. The summed E-state index contributed by atoms with van der Waals surface area (Å²) in [6.07, 6.45) is 3.82. The van der Waals surface area contributed by atoms with E-state index in [1.807, 2.05) is 0 Å². The summed E-state index contributed by atoms with van der Waals surface area (Å²) in [7, 11) is 4.33. The highest BCUT2D eigenvalue weighted by Gasteiger charge is 2.28. The molecule has 1 aliphatic carbocycles. The molecule has 0 unspecified atom stereocenters. The van der Waals surface area contributed by atoms with Crippen LogP contribution in [0, 0.1) is 0 Å². The molecule has 0 atom stereocenters. The van der Waals surface area contributed by atoms with E-state index in [1.54, 1.807) is 0 Å². The zero-order chi connectivity index (χ0) is 57.9. The lowest BCUT2D eigenvalue weighted by atomic mass is 9.86. The number of pyridine rings is 2. The summed E-state index contributed by atoms with van der Waals surface area (Å²) in [4.78, 5) is 0. The number of rotatable bonds is 8. The molecular weight excluding hydrogens is 1060 g/mol. The summed E-state index contributed by atoms with van der Waals surface area (Å²) < 4.78 is 63.1. The van der Waals surface area contributed by atoms with Crippen LogP contribution in [-0.4, -0.2) is 92.5 Å². The Balaban J connectivity index is 1.11. The summed E-state index contributed by atoms with van der Waals surface area (Å²) in [5, 5.41) is 4.70. The SMILES string of the molecule is CCCOc1c2cccc1Cc1cc(-c3c4ccccc4[n+](C)c4ccccc34)cc3c1OCCOCCOCCOCCOCCOCCOc1c(cc(-c4c5ccccc5[n+](C)c5ccccc45)cc1Cc1cccc(c1OCCC)C3)C2. The molecule has 2 aliphatic rings. The normalized spacial score (nSPS) is 15.2. The van der Waals surface area contributed by atoms with Gasteiger partial charge in [-0.05, 0) is 117 Å². The molecule has 0 fully saturated rings. The first kappa shape index (κ1) is 57.5. The van der Waals surface area contributed by atoms with Crippen LogP contribution in [-0.2, 0) is 63.5 Å². The van der Waals surface area contributed by atoms with Gasteiger partial charge in [-0.25, -0.2) is 0 Å². The van der Waals surface area contributed by atoms with E-state index < -0.39 is 0 Å². The van der Waals surface area contributed by atoms with Gasteiger partial charge in [0.05, 0.1) is 101 Å². The lowest BCUT2D eigenvalue weighted by Crippen LogP contribution is -2.30. The smallest absolute Gasteiger partial charge is 0.213 e. The molecule has 11 nitrogen and oxygen atoms in total. The number of hydrogen-bond donors (Lipinski definition) is 0. The molecule has 436 valence electrons. The Hall–Kier alpha value is -7.90. The highest BCUT2D eigenvalue weighted by molar-refractivity contribution is 6.08. The third-order valence-corrected chi connectivity index (χ3v) is 16.4. The van der Waals surface area contributed by atoms with E-state index in [-0.39, 0.29) is 0 Å². The molecule has 0 amide bonds. The van der Waals surface area contributed by atoms with E-state index in [2.05, 4.69) is 195 Å². The molecule has 12 rings (SSSR count). The number of hydrogen-bond acceptors (Lipinski definition) is 9. The van der Waals surface area contributed by atoms with Gasteiger partial charge in [0.2, 0.25) is 22.1 Å².